The summed E-state index contributed by atoms with van der Waals surface area (Å²) in [6.45, 7) is 2.44. The van der Waals surface area contributed by atoms with E-state index in [-0.39, 0.29) is 5.91 Å². The van der Waals surface area contributed by atoms with Crippen LogP contribution >= 0.6 is 15.9 Å². The van der Waals surface area contributed by atoms with E-state index in [4.69, 9.17) is 5.73 Å². The molecule has 3 nitrogen and oxygen atoms in total. The number of nitrogens with two attached hydrogens (primary N) is 1. The SMILES string of the molecule is Cc1ccc(C(=O)Nc2cccc(CN)c2)cc1Br. The molecule has 2 aromatic rings. The Kier molecular flexibility index (Phi) is 4.35. The van der Waals surface area contributed by atoms with Gasteiger partial charge in [-0.05, 0) is 42.3 Å². The highest BCUT2D eigenvalue weighted by molar-refractivity contribution is 9.10. The number of rotatable bonds is 3. The van der Waals surface area contributed by atoms with Crippen LogP contribution in [0.2, 0.25) is 0 Å². The highest BCUT2D eigenvalue weighted by Crippen LogP contribution is 2.19. The maximum absolute atomic E-state index is 12.1. The Bertz CT molecular complexity index is 611. The molecule has 98 valence electrons. The molecule has 0 spiro atoms. The van der Waals surface area contributed by atoms with E-state index in [9.17, 15) is 4.79 Å². The lowest BCUT2D eigenvalue weighted by Gasteiger charge is -2.08. The van der Waals surface area contributed by atoms with Crippen LogP contribution in [0.4, 0.5) is 5.69 Å². The van der Waals surface area contributed by atoms with Crippen molar-refractivity contribution in [2.24, 2.45) is 5.73 Å². The van der Waals surface area contributed by atoms with Crippen LogP contribution in [-0.4, -0.2) is 5.91 Å². The maximum atomic E-state index is 12.1. The molecule has 0 bridgehead atoms. The molecule has 0 aliphatic heterocycles. The fourth-order valence-corrected chi connectivity index (χ4v) is 2.09. The van der Waals surface area contributed by atoms with E-state index in [2.05, 4.69) is 21.2 Å². The summed E-state index contributed by atoms with van der Waals surface area (Å²) in [5, 5.41) is 2.86. The van der Waals surface area contributed by atoms with Gasteiger partial charge in [0.1, 0.15) is 0 Å². The van der Waals surface area contributed by atoms with E-state index in [0.29, 0.717) is 12.1 Å². The lowest BCUT2D eigenvalue weighted by molar-refractivity contribution is 0.102. The van der Waals surface area contributed by atoms with Crippen molar-refractivity contribution in [3.63, 3.8) is 0 Å². The molecule has 0 radical (unpaired) electrons. The predicted octanol–water partition coefficient (Wildman–Crippen LogP) is 3.47. The molecule has 4 heteroatoms. The zero-order valence-electron chi connectivity index (χ0n) is 10.6. The third kappa shape index (κ3) is 3.43. The smallest absolute Gasteiger partial charge is 0.255 e. The highest BCUT2D eigenvalue weighted by Gasteiger charge is 2.07. The van der Waals surface area contributed by atoms with Crippen molar-refractivity contribution in [1.82, 2.24) is 0 Å². The zero-order valence-corrected chi connectivity index (χ0v) is 12.2. The molecule has 0 unspecified atom stereocenters. The van der Waals surface area contributed by atoms with Gasteiger partial charge in [0.2, 0.25) is 0 Å². The minimum Gasteiger partial charge on any atom is -0.326 e. The number of benzene rings is 2. The van der Waals surface area contributed by atoms with Gasteiger partial charge in [0.05, 0.1) is 0 Å². The van der Waals surface area contributed by atoms with Gasteiger partial charge in [-0.1, -0.05) is 34.1 Å². The van der Waals surface area contributed by atoms with Crippen molar-refractivity contribution in [1.29, 1.82) is 0 Å². The summed E-state index contributed by atoms with van der Waals surface area (Å²) in [5.74, 6) is -0.130. The number of aryl methyl sites for hydroxylation is 1. The number of carbonyl (C=O) groups is 1. The Labute approximate surface area is 121 Å². The lowest BCUT2D eigenvalue weighted by atomic mass is 10.1. The van der Waals surface area contributed by atoms with Crippen LogP contribution < -0.4 is 11.1 Å². The minimum absolute atomic E-state index is 0.130. The van der Waals surface area contributed by atoms with Crippen LogP contribution in [-0.2, 0) is 6.54 Å². The van der Waals surface area contributed by atoms with E-state index in [1.54, 1.807) is 0 Å². The average molecular weight is 319 g/mol. The van der Waals surface area contributed by atoms with Gasteiger partial charge in [-0.25, -0.2) is 0 Å². The third-order valence-corrected chi connectivity index (χ3v) is 3.71. The molecule has 0 aliphatic rings. The molecule has 0 atom stereocenters. The van der Waals surface area contributed by atoms with Crippen LogP contribution in [0.25, 0.3) is 0 Å². The van der Waals surface area contributed by atoms with E-state index < -0.39 is 0 Å². The van der Waals surface area contributed by atoms with E-state index in [0.717, 1.165) is 21.3 Å². The first-order chi connectivity index (χ1) is 9.10. The number of nitrogens with one attached hydrogen (secondary N) is 1. The van der Waals surface area contributed by atoms with Crippen LogP contribution in [0.5, 0.6) is 0 Å². The number of carbonyl (C=O) groups excluding carboxylic acids is 1. The number of amides is 1. The lowest BCUT2D eigenvalue weighted by Crippen LogP contribution is -2.12. The summed E-state index contributed by atoms with van der Waals surface area (Å²) >= 11 is 3.43. The molecule has 19 heavy (non-hydrogen) atoms. The molecule has 3 N–H and O–H groups in total. The molecule has 0 saturated carbocycles. The van der Waals surface area contributed by atoms with E-state index >= 15 is 0 Å². The quantitative estimate of drug-likeness (QED) is 0.910. The second-order valence-electron chi connectivity index (χ2n) is 4.32. The first-order valence-corrected chi connectivity index (χ1v) is 6.76. The van der Waals surface area contributed by atoms with Gasteiger partial charge >= 0.3 is 0 Å². The van der Waals surface area contributed by atoms with Gasteiger partial charge in [0, 0.05) is 22.3 Å². The number of halogens is 1. The number of anilines is 1. The molecule has 2 rings (SSSR count). The van der Waals surface area contributed by atoms with Gasteiger partial charge in [0.15, 0.2) is 0 Å². The maximum Gasteiger partial charge on any atom is 0.255 e. The Morgan fingerprint density at radius 1 is 1.26 bits per heavy atom. The van der Waals surface area contributed by atoms with Crippen molar-refractivity contribution < 1.29 is 4.79 Å². The van der Waals surface area contributed by atoms with Crippen LogP contribution in [0.1, 0.15) is 21.5 Å². The molecular formula is C15H15BrN2O. The topological polar surface area (TPSA) is 55.1 Å². The number of hydrogen-bond acceptors (Lipinski definition) is 2. The fourth-order valence-electron chi connectivity index (χ4n) is 1.71. The van der Waals surface area contributed by atoms with Gasteiger partial charge in [-0.2, -0.15) is 0 Å². The van der Waals surface area contributed by atoms with Crippen molar-refractivity contribution in [3.05, 3.63) is 63.6 Å². The summed E-state index contributed by atoms with van der Waals surface area (Å²) < 4.78 is 0.927. The van der Waals surface area contributed by atoms with Crippen molar-refractivity contribution in [2.45, 2.75) is 13.5 Å². The summed E-state index contributed by atoms with van der Waals surface area (Å²) in [6.07, 6.45) is 0. The molecule has 1 amide bonds. The van der Waals surface area contributed by atoms with Crippen LogP contribution in [0.3, 0.4) is 0 Å². The normalized spacial score (nSPS) is 10.3. The first-order valence-electron chi connectivity index (χ1n) is 5.96. The van der Waals surface area contributed by atoms with Gasteiger partial charge in [0.25, 0.3) is 5.91 Å². The Morgan fingerprint density at radius 3 is 2.74 bits per heavy atom. The van der Waals surface area contributed by atoms with Crippen LogP contribution in [0.15, 0.2) is 46.9 Å². The monoisotopic (exact) mass is 318 g/mol. The molecule has 0 aromatic heterocycles. The molecular weight excluding hydrogens is 304 g/mol. The fraction of sp³-hybridized carbons (Fsp3) is 0.133. The molecule has 0 fully saturated rings. The van der Waals surface area contributed by atoms with Crippen molar-refractivity contribution >= 4 is 27.5 Å². The highest BCUT2D eigenvalue weighted by atomic mass is 79.9. The number of hydrogen-bond donors (Lipinski definition) is 2. The summed E-state index contributed by atoms with van der Waals surface area (Å²) in [6, 6.07) is 13.1. The Hall–Kier alpha value is -1.65. The third-order valence-electron chi connectivity index (χ3n) is 2.85. The Balaban J connectivity index is 2.18. The first kappa shape index (κ1) is 13.8. The summed E-state index contributed by atoms with van der Waals surface area (Å²) in [7, 11) is 0. The molecule has 2 aromatic carbocycles. The van der Waals surface area contributed by atoms with Gasteiger partial charge in [-0.3, -0.25) is 4.79 Å². The average Bonchev–Trinajstić information content (AvgIpc) is 2.42. The Morgan fingerprint density at radius 2 is 2.05 bits per heavy atom. The van der Waals surface area contributed by atoms with Crippen molar-refractivity contribution in [3.8, 4) is 0 Å². The minimum atomic E-state index is -0.130. The van der Waals surface area contributed by atoms with E-state index in [1.165, 1.54) is 0 Å². The molecule has 0 aliphatic carbocycles. The van der Waals surface area contributed by atoms with E-state index in [1.807, 2.05) is 49.4 Å². The summed E-state index contributed by atoms with van der Waals surface area (Å²) in [4.78, 5) is 12.1. The summed E-state index contributed by atoms with van der Waals surface area (Å²) in [5.41, 5.74) is 9.04. The molecule has 0 saturated heterocycles. The second kappa shape index (κ2) is 5.99. The zero-order chi connectivity index (χ0) is 13.8. The largest absolute Gasteiger partial charge is 0.326 e. The molecule has 0 heterocycles. The van der Waals surface area contributed by atoms with Crippen molar-refractivity contribution in [2.75, 3.05) is 5.32 Å². The standard InChI is InChI=1S/C15H15BrN2O/c1-10-5-6-12(8-14(10)16)15(19)18-13-4-2-3-11(7-13)9-17/h2-8H,9,17H2,1H3,(H,18,19). The predicted molar refractivity (Wildman–Crippen MR) is 81.2 cm³/mol. The van der Waals surface area contributed by atoms with Gasteiger partial charge in [-0.15, -0.1) is 0 Å². The second-order valence-corrected chi connectivity index (χ2v) is 5.18. The van der Waals surface area contributed by atoms with Gasteiger partial charge < -0.3 is 11.1 Å². The van der Waals surface area contributed by atoms with Crippen LogP contribution in [0, 0.1) is 6.92 Å².